The summed E-state index contributed by atoms with van der Waals surface area (Å²) in [7, 11) is 1.71. The quantitative estimate of drug-likeness (QED) is 0.612. The maximum absolute atomic E-state index is 12.8. The fraction of sp³-hybridized carbons (Fsp3) is 0.480. The van der Waals surface area contributed by atoms with E-state index in [1.807, 2.05) is 12.1 Å². The van der Waals surface area contributed by atoms with Crippen LogP contribution in [0.5, 0.6) is 5.75 Å². The third-order valence-electron chi connectivity index (χ3n) is 6.79. The van der Waals surface area contributed by atoms with E-state index >= 15 is 0 Å². The van der Waals surface area contributed by atoms with Gasteiger partial charge >= 0.3 is 6.09 Å². The summed E-state index contributed by atoms with van der Waals surface area (Å²) in [5.41, 5.74) is 2.28. The number of cyclic esters (lactones) is 1. The van der Waals surface area contributed by atoms with E-state index < -0.39 is 0 Å². The number of methoxy groups -OCH3 is 1. The van der Waals surface area contributed by atoms with Gasteiger partial charge in [0.05, 0.1) is 6.04 Å². The molecular weight excluding hydrogens is 458 g/mol. The molecule has 2 aromatic rings. The summed E-state index contributed by atoms with van der Waals surface area (Å²) in [4.78, 5) is 30.9. The highest BCUT2D eigenvalue weighted by Crippen LogP contribution is 2.50. The molecule has 3 fully saturated rings. The molecule has 0 bridgehead atoms. The molecule has 3 aliphatic rings. The topological polar surface area (TPSA) is 90.0 Å². The lowest BCUT2D eigenvalue weighted by Gasteiger charge is -2.33. The molecule has 2 aliphatic heterocycles. The van der Waals surface area contributed by atoms with E-state index in [4.69, 9.17) is 25.8 Å². The number of ether oxygens (including phenoxy) is 3. The van der Waals surface area contributed by atoms with Gasteiger partial charge in [-0.15, -0.1) is 0 Å². The van der Waals surface area contributed by atoms with Crippen molar-refractivity contribution in [3.05, 3.63) is 58.4 Å². The summed E-state index contributed by atoms with van der Waals surface area (Å²) >= 11 is 5.93. The van der Waals surface area contributed by atoms with Crippen LogP contribution in [0.4, 0.5) is 4.79 Å². The van der Waals surface area contributed by atoms with Crippen LogP contribution in [0.2, 0.25) is 5.02 Å². The number of hydrogen-bond donors (Lipinski definition) is 1. The summed E-state index contributed by atoms with van der Waals surface area (Å²) in [6.45, 7) is 2.08. The van der Waals surface area contributed by atoms with E-state index in [9.17, 15) is 9.59 Å². The SMILES string of the molecule is COCC1CC1c1cnc(C(=O)NCc2ccc(Cl)cc2)cc1O[C@H]1CCN2C(=O)OC[C@@H]2C1. The standard InChI is InChI=1S/C25H28ClN3O5/c1-32-13-16-8-20(16)21-12-27-22(24(30)28-11-15-2-4-17(26)5-3-15)10-23(21)34-19-6-7-29-18(9-19)14-33-25(29)31/h2-5,10,12,16,18-20H,6-9,11,13-14H2,1H3,(H,28,30)/t16?,18-,19-,20?/m0/s1. The number of piperidine rings is 1. The van der Waals surface area contributed by atoms with Crippen LogP contribution in [0.1, 0.15) is 46.8 Å². The number of hydrogen-bond acceptors (Lipinski definition) is 6. The molecule has 1 N–H and O–H groups in total. The van der Waals surface area contributed by atoms with Gasteiger partial charge in [0.15, 0.2) is 0 Å². The molecule has 1 aromatic carbocycles. The first-order chi connectivity index (χ1) is 16.5. The Hall–Kier alpha value is -2.84. The van der Waals surface area contributed by atoms with Gasteiger partial charge in [0, 0.05) is 62.5 Å². The summed E-state index contributed by atoms with van der Waals surface area (Å²) in [5.74, 6) is 1.17. The maximum Gasteiger partial charge on any atom is 0.410 e. The lowest BCUT2D eigenvalue weighted by Crippen LogP contribution is -2.44. The number of benzene rings is 1. The van der Waals surface area contributed by atoms with E-state index in [1.54, 1.807) is 36.4 Å². The first-order valence-corrected chi connectivity index (χ1v) is 12.0. The molecule has 0 radical (unpaired) electrons. The van der Waals surface area contributed by atoms with Crippen LogP contribution in [-0.2, 0) is 16.0 Å². The Labute approximate surface area is 203 Å². The van der Waals surface area contributed by atoms with Gasteiger partial charge < -0.3 is 24.4 Å². The third-order valence-corrected chi connectivity index (χ3v) is 7.04. The van der Waals surface area contributed by atoms with Gasteiger partial charge in [0.2, 0.25) is 0 Å². The summed E-state index contributed by atoms with van der Waals surface area (Å²) < 4.78 is 17.0. The Bertz CT molecular complexity index is 1060. The zero-order chi connectivity index (χ0) is 23.7. The van der Waals surface area contributed by atoms with Crippen molar-refractivity contribution >= 4 is 23.6 Å². The molecule has 8 nitrogen and oxygen atoms in total. The third kappa shape index (κ3) is 4.98. The highest BCUT2D eigenvalue weighted by Gasteiger charge is 2.42. The highest BCUT2D eigenvalue weighted by molar-refractivity contribution is 6.30. The van der Waals surface area contributed by atoms with Crippen molar-refractivity contribution in [1.29, 1.82) is 0 Å². The van der Waals surface area contributed by atoms with Crippen molar-refractivity contribution < 1.29 is 23.8 Å². The number of nitrogens with zero attached hydrogens (tertiary/aromatic N) is 2. The predicted octanol–water partition coefficient (Wildman–Crippen LogP) is 3.78. The van der Waals surface area contributed by atoms with Crippen LogP contribution < -0.4 is 10.1 Å². The lowest BCUT2D eigenvalue weighted by molar-refractivity contribution is 0.0906. The van der Waals surface area contributed by atoms with Crippen LogP contribution >= 0.6 is 11.6 Å². The zero-order valence-corrected chi connectivity index (χ0v) is 19.8. The van der Waals surface area contributed by atoms with Crippen molar-refractivity contribution in [3.8, 4) is 5.75 Å². The second-order valence-electron chi connectivity index (χ2n) is 9.16. The summed E-state index contributed by atoms with van der Waals surface area (Å²) in [6.07, 6.45) is 3.91. The number of pyridine rings is 1. The van der Waals surface area contributed by atoms with Crippen LogP contribution in [-0.4, -0.2) is 60.9 Å². The fourth-order valence-electron chi connectivity index (χ4n) is 4.80. The Morgan fingerprint density at radius 2 is 2.12 bits per heavy atom. The number of nitrogens with one attached hydrogen (secondary N) is 1. The van der Waals surface area contributed by atoms with Gasteiger partial charge in [0.25, 0.3) is 5.91 Å². The van der Waals surface area contributed by atoms with E-state index in [2.05, 4.69) is 10.3 Å². The van der Waals surface area contributed by atoms with Crippen molar-refractivity contribution in [1.82, 2.24) is 15.2 Å². The van der Waals surface area contributed by atoms with E-state index in [0.717, 1.165) is 24.0 Å². The molecule has 3 heterocycles. The minimum Gasteiger partial charge on any atom is -0.490 e. The maximum atomic E-state index is 12.8. The lowest BCUT2D eigenvalue weighted by atomic mass is 10.0. The van der Waals surface area contributed by atoms with Gasteiger partial charge in [0.1, 0.15) is 24.2 Å². The molecular formula is C25H28ClN3O5. The summed E-state index contributed by atoms with van der Waals surface area (Å²) in [6, 6.07) is 9.13. The Balaban J connectivity index is 1.30. The molecule has 9 heteroatoms. The van der Waals surface area contributed by atoms with Gasteiger partial charge in [-0.3, -0.25) is 9.78 Å². The number of aromatic nitrogens is 1. The van der Waals surface area contributed by atoms with Crippen molar-refractivity contribution in [2.45, 2.75) is 43.9 Å². The average Bonchev–Trinajstić information content (AvgIpc) is 3.51. The van der Waals surface area contributed by atoms with Crippen LogP contribution in [0, 0.1) is 5.92 Å². The number of carbonyl (C=O) groups excluding carboxylic acids is 2. The molecule has 0 spiro atoms. The number of rotatable bonds is 8. The molecule has 2 amide bonds. The first kappa shape index (κ1) is 22.9. The Morgan fingerprint density at radius 3 is 2.91 bits per heavy atom. The molecule has 2 unspecified atom stereocenters. The van der Waals surface area contributed by atoms with Crippen LogP contribution in [0.25, 0.3) is 0 Å². The number of halogens is 1. The molecule has 1 aromatic heterocycles. The molecule has 4 atom stereocenters. The molecule has 180 valence electrons. The predicted molar refractivity (Wildman–Crippen MR) is 125 cm³/mol. The van der Waals surface area contributed by atoms with Crippen molar-refractivity contribution in [3.63, 3.8) is 0 Å². The minimum atomic E-state index is -0.264. The van der Waals surface area contributed by atoms with Crippen molar-refractivity contribution in [2.24, 2.45) is 5.92 Å². The second-order valence-corrected chi connectivity index (χ2v) is 9.60. The van der Waals surface area contributed by atoms with Gasteiger partial charge in [-0.25, -0.2) is 4.79 Å². The second kappa shape index (κ2) is 9.80. The largest absolute Gasteiger partial charge is 0.490 e. The van der Waals surface area contributed by atoms with E-state index in [-0.39, 0.29) is 24.1 Å². The zero-order valence-electron chi connectivity index (χ0n) is 19.0. The number of fused-ring (bicyclic) bond motifs is 1. The minimum absolute atomic E-state index is 0.0425. The molecule has 2 saturated heterocycles. The fourth-order valence-corrected chi connectivity index (χ4v) is 4.93. The van der Waals surface area contributed by atoms with Gasteiger partial charge in [-0.05, 0) is 36.0 Å². The van der Waals surface area contributed by atoms with E-state index in [0.29, 0.717) is 61.0 Å². The van der Waals surface area contributed by atoms with Crippen molar-refractivity contribution in [2.75, 3.05) is 26.9 Å². The smallest absolute Gasteiger partial charge is 0.410 e. The highest BCUT2D eigenvalue weighted by atomic mass is 35.5. The Kier molecular flexibility index (Phi) is 6.61. The van der Waals surface area contributed by atoms with E-state index in [1.165, 1.54) is 0 Å². The van der Waals surface area contributed by atoms with Gasteiger partial charge in [-0.2, -0.15) is 0 Å². The Morgan fingerprint density at radius 1 is 1.29 bits per heavy atom. The van der Waals surface area contributed by atoms with Crippen LogP contribution in [0.3, 0.4) is 0 Å². The monoisotopic (exact) mass is 485 g/mol. The molecule has 5 rings (SSSR count). The van der Waals surface area contributed by atoms with Gasteiger partial charge in [-0.1, -0.05) is 23.7 Å². The van der Waals surface area contributed by atoms with Crippen LogP contribution in [0.15, 0.2) is 36.5 Å². The first-order valence-electron chi connectivity index (χ1n) is 11.6. The summed E-state index contributed by atoms with van der Waals surface area (Å²) in [5, 5.41) is 3.57. The number of carbonyl (C=O) groups is 2. The molecule has 1 aliphatic carbocycles. The number of amides is 2. The average molecular weight is 486 g/mol. The molecule has 34 heavy (non-hydrogen) atoms. The molecule has 1 saturated carbocycles. The normalized spacial score (nSPS) is 25.5.